The average molecular weight is 559 g/mol. The number of para-hydroxylation sites is 1. The van der Waals surface area contributed by atoms with E-state index < -0.39 is 27.4 Å². The number of ether oxygens (including phenoxy) is 1. The van der Waals surface area contributed by atoms with Gasteiger partial charge in [0.05, 0.1) is 33.9 Å². The third-order valence-corrected chi connectivity index (χ3v) is 10.4. The number of amides is 2. The zero-order chi connectivity index (χ0) is 27.1. The molecule has 204 valence electrons. The van der Waals surface area contributed by atoms with Gasteiger partial charge in [0.15, 0.2) is 0 Å². The van der Waals surface area contributed by atoms with Crippen molar-refractivity contribution in [3.8, 4) is 0 Å². The molecule has 0 aromatic heterocycles. The molecule has 1 spiro atoms. The number of esters is 1. The topological polar surface area (TPSA) is 87.2 Å². The number of unbranched alkanes of at least 4 members (excludes halogenated alkanes) is 1. The first-order valence-electron chi connectivity index (χ1n) is 13.5. The number of likely N-dealkylation sites (tertiary alicyclic amines) is 1. The maximum absolute atomic E-state index is 14.5. The van der Waals surface area contributed by atoms with Gasteiger partial charge in [-0.15, -0.1) is 11.8 Å². The summed E-state index contributed by atoms with van der Waals surface area (Å²) in [6.45, 7) is 4.89. The molecule has 1 unspecified atom stereocenters. The Morgan fingerprint density at radius 1 is 1.11 bits per heavy atom. The first-order valence-corrected chi connectivity index (χ1v) is 14.6. The van der Waals surface area contributed by atoms with Gasteiger partial charge in [0.1, 0.15) is 6.04 Å². The number of halogens is 1. The van der Waals surface area contributed by atoms with Crippen molar-refractivity contribution in [1.82, 2.24) is 4.90 Å². The summed E-state index contributed by atoms with van der Waals surface area (Å²) >= 11 is 8.15. The maximum atomic E-state index is 14.5. The predicted octanol–water partition coefficient (Wildman–Crippen LogP) is 4.29. The number of hydrogen-bond acceptors (Lipinski definition) is 6. The highest BCUT2D eigenvalue weighted by molar-refractivity contribution is 8.02. The van der Waals surface area contributed by atoms with E-state index in [1.165, 1.54) is 0 Å². The lowest BCUT2D eigenvalue weighted by molar-refractivity contribution is -0.154. The molecule has 9 heteroatoms. The Balaban J connectivity index is 1.64. The van der Waals surface area contributed by atoms with Crippen molar-refractivity contribution in [2.24, 2.45) is 11.8 Å². The zero-order valence-corrected chi connectivity index (χ0v) is 23.5. The quantitative estimate of drug-likeness (QED) is 0.329. The molecule has 5 atom stereocenters. The number of thioether (sulfide) groups is 1. The number of aliphatic hydroxyl groups is 1. The Bertz CT molecular complexity index is 1170. The van der Waals surface area contributed by atoms with Gasteiger partial charge in [0.25, 0.3) is 5.91 Å². The zero-order valence-electron chi connectivity index (χ0n) is 21.9. The minimum absolute atomic E-state index is 0.00657. The van der Waals surface area contributed by atoms with Gasteiger partial charge in [-0.3, -0.25) is 14.4 Å². The third kappa shape index (κ3) is 4.38. The molecular formula is C29H35ClN2O5S. The summed E-state index contributed by atoms with van der Waals surface area (Å²) < 4.78 is 4.08. The van der Waals surface area contributed by atoms with Crippen LogP contribution < -0.4 is 4.90 Å². The molecule has 2 fully saturated rings. The highest BCUT2D eigenvalue weighted by atomic mass is 35.5. The molecule has 1 aromatic rings. The summed E-state index contributed by atoms with van der Waals surface area (Å²) in [5.41, 5.74) is 1.51. The lowest BCUT2D eigenvalue weighted by Crippen LogP contribution is -2.53. The third-order valence-electron chi connectivity index (χ3n) is 8.27. The molecule has 5 rings (SSSR count). The first kappa shape index (κ1) is 27.3. The summed E-state index contributed by atoms with van der Waals surface area (Å²) in [5.74, 6) is -2.23. The van der Waals surface area contributed by atoms with Gasteiger partial charge in [-0.1, -0.05) is 48.0 Å². The number of fused-ring (bicyclic) bond motifs is 2. The van der Waals surface area contributed by atoms with Gasteiger partial charge >= 0.3 is 5.97 Å². The van der Waals surface area contributed by atoms with Crippen molar-refractivity contribution in [2.75, 3.05) is 31.2 Å². The SMILES string of the molecule is Cc1cccc(Cl)c1N1CC=C[C@]23S[C@@]4(C)/C=C\CCCCOC(=O)[C@H]4[C@H]2C(=O)N(CCCCO)C3C1=O. The van der Waals surface area contributed by atoms with Crippen LogP contribution in [0.15, 0.2) is 42.5 Å². The highest BCUT2D eigenvalue weighted by Gasteiger charge is 2.73. The van der Waals surface area contributed by atoms with E-state index in [2.05, 4.69) is 12.2 Å². The first-order chi connectivity index (χ1) is 18.2. The van der Waals surface area contributed by atoms with Gasteiger partial charge < -0.3 is 19.6 Å². The van der Waals surface area contributed by atoms with Crippen molar-refractivity contribution in [1.29, 1.82) is 0 Å². The van der Waals surface area contributed by atoms with E-state index in [-0.39, 0.29) is 24.4 Å². The Morgan fingerprint density at radius 3 is 2.68 bits per heavy atom. The second-order valence-corrected chi connectivity index (χ2v) is 13.0. The fraction of sp³-hybridized carbons (Fsp3) is 0.552. The van der Waals surface area contributed by atoms with E-state index in [9.17, 15) is 19.5 Å². The molecule has 7 nitrogen and oxygen atoms in total. The Hall–Kier alpha value is -2.29. The van der Waals surface area contributed by atoms with Crippen LogP contribution in [0.25, 0.3) is 0 Å². The van der Waals surface area contributed by atoms with Gasteiger partial charge in [-0.2, -0.15) is 0 Å². The largest absolute Gasteiger partial charge is 0.465 e. The van der Waals surface area contributed by atoms with E-state index >= 15 is 0 Å². The van der Waals surface area contributed by atoms with Gasteiger partial charge in [0, 0.05) is 24.4 Å². The van der Waals surface area contributed by atoms with Crippen LogP contribution >= 0.6 is 23.4 Å². The minimum Gasteiger partial charge on any atom is -0.465 e. The lowest BCUT2D eigenvalue weighted by atomic mass is 9.74. The van der Waals surface area contributed by atoms with Crippen LogP contribution in [-0.4, -0.2) is 69.6 Å². The number of allylic oxidation sites excluding steroid dienone is 1. The Labute approximate surface area is 233 Å². The molecule has 1 N–H and O–H groups in total. The minimum atomic E-state index is -0.936. The molecular weight excluding hydrogens is 524 g/mol. The van der Waals surface area contributed by atoms with E-state index in [4.69, 9.17) is 16.3 Å². The predicted molar refractivity (Wildman–Crippen MR) is 149 cm³/mol. The van der Waals surface area contributed by atoms with Gasteiger partial charge in [0.2, 0.25) is 5.91 Å². The standard InChI is InChI=1S/C29H35ClN2O5S/c1-19-11-9-12-20(30)23(19)31-16-10-14-29-21(25(34)32(15-6-7-17-33)24(29)26(31)35)22-27(36)37-18-8-4-3-5-13-28(22,2)38-29/h5,9-14,21-22,24,33H,3-4,6-8,15-18H2,1-2H3/b13-5-/t21-,22+,24?,28-,29-/m0/s1. The molecule has 4 aliphatic heterocycles. The smallest absolute Gasteiger partial charge is 0.311 e. The molecule has 0 saturated carbocycles. The molecule has 0 radical (unpaired) electrons. The number of carbonyl (C=O) groups is 3. The van der Waals surface area contributed by atoms with Crippen LogP contribution in [0.2, 0.25) is 5.02 Å². The van der Waals surface area contributed by atoms with Crippen molar-refractivity contribution in [3.63, 3.8) is 0 Å². The average Bonchev–Trinajstić information content (AvgIpc) is 3.20. The molecule has 4 heterocycles. The summed E-state index contributed by atoms with van der Waals surface area (Å²) in [5, 5.41) is 9.87. The van der Waals surface area contributed by atoms with Gasteiger partial charge in [-0.05, 0) is 57.6 Å². The number of anilines is 1. The van der Waals surface area contributed by atoms with E-state index in [1.54, 1.807) is 27.6 Å². The number of nitrogens with zero attached hydrogens (tertiary/aromatic N) is 2. The molecule has 0 aliphatic carbocycles. The van der Waals surface area contributed by atoms with E-state index in [0.717, 1.165) is 24.8 Å². The van der Waals surface area contributed by atoms with Crippen molar-refractivity contribution in [2.45, 2.75) is 61.5 Å². The van der Waals surface area contributed by atoms with E-state index in [1.807, 2.05) is 38.1 Å². The lowest BCUT2D eigenvalue weighted by Gasteiger charge is -2.37. The molecule has 0 bridgehead atoms. The van der Waals surface area contributed by atoms with Crippen LogP contribution in [0.1, 0.15) is 44.6 Å². The molecule has 4 aliphatic rings. The van der Waals surface area contributed by atoms with Crippen molar-refractivity contribution < 1.29 is 24.2 Å². The number of benzene rings is 1. The summed E-state index contributed by atoms with van der Waals surface area (Å²) in [6, 6.07) is 4.72. The summed E-state index contributed by atoms with van der Waals surface area (Å²) in [6.07, 6.45) is 11.8. The second-order valence-electron chi connectivity index (χ2n) is 10.8. The van der Waals surface area contributed by atoms with Crippen molar-refractivity contribution in [3.05, 3.63) is 53.1 Å². The summed E-state index contributed by atoms with van der Waals surface area (Å²) in [4.78, 5) is 45.7. The van der Waals surface area contributed by atoms with Crippen molar-refractivity contribution >= 4 is 46.8 Å². The number of aliphatic hydroxyl groups excluding tert-OH is 1. The fourth-order valence-corrected chi connectivity index (χ4v) is 9.07. The number of aryl methyl sites for hydroxylation is 1. The summed E-state index contributed by atoms with van der Waals surface area (Å²) in [7, 11) is 0. The molecule has 2 saturated heterocycles. The Kier molecular flexibility index (Phi) is 7.68. The van der Waals surface area contributed by atoms with Crippen LogP contribution in [-0.2, 0) is 19.1 Å². The normalized spacial score (nSPS) is 33.9. The van der Waals surface area contributed by atoms with Crippen LogP contribution in [0.4, 0.5) is 5.69 Å². The molecule has 2 amide bonds. The number of hydrogen-bond donors (Lipinski definition) is 1. The van der Waals surface area contributed by atoms with Crippen LogP contribution in [0, 0.1) is 18.8 Å². The number of cyclic esters (lactones) is 1. The highest BCUT2D eigenvalue weighted by Crippen LogP contribution is 2.65. The number of rotatable bonds is 5. The Morgan fingerprint density at radius 2 is 1.92 bits per heavy atom. The molecule has 1 aromatic carbocycles. The second kappa shape index (κ2) is 10.7. The van der Waals surface area contributed by atoms with Crippen LogP contribution in [0.5, 0.6) is 0 Å². The van der Waals surface area contributed by atoms with Crippen LogP contribution in [0.3, 0.4) is 0 Å². The molecule has 38 heavy (non-hydrogen) atoms. The van der Waals surface area contributed by atoms with E-state index in [0.29, 0.717) is 43.2 Å². The monoisotopic (exact) mass is 558 g/mol. The fourth-order valence-electron chi connectivity index (χ4n) is 6.60. The van der Waals surface area contributed by atoms with Gasteiger partial charge in [-0.25, -0.2) is 0 Å². The number of carbonyl (C=O) groups excluding carboxylic acids is 3. The maximum Gasteiger partial charge on any atom is 0.311 e.